The summed E-state index contributed by atoms with van der Waals surface area (Å²) in [6.07, 6.45) is 5.03. The number of carbonyl (C=O) groups excluding carboxylic acids is 4. The molecule has 7 nitrogen and oxygen atoms in total. The summed E-state index contributed by atoms with van der Waals surface area (Å²) >= 11 is 0. The van der Waals surface area contributed by atoms with E-state index >= 15 is 0 Å². The lowest BCUT2D eigenvalue weighted by atomic mass is 9.85. The first kappa shape index (κ1) is 20.3. The molecule has 3 amide bonds. The number of imide groups is 1. The highest BCUT2D eigenvalue weighted by Crippen LogP contribution is 2.52. The second-order valence-corrected chi connectivity index (χ2v) is 8.70. The minimum absolute atomic E-state index is 0.0395. The number of benzene rings is 1. The molecule has 3 aliphatic rings. The molecule has 2 fully saturated rings. The molecule has 0 aromatic heterocycles. The maximum absolute atomic E-state index is 12.7. The summed E-state index contributed by atoms with van der Waals surface area (Å²) in [7, 11) is 0. The van der Waals surface area contributed by atoms with Crippen molar-refractivity contribution < 1.29 is 23.9 Å². The molecule has 0 radical (unpaired) electrons. The maximum atomic E-state index is 12.7. The molecule has 4 unspecified atom stereocenters. The van der Waals surface area contributed by atoms with Crippen LogP contribution in [0.5, 0.6) is 0 Å². The van der Waals surface area contributed by atoms with E-state index in [2.05, 4.69) is 17.5 Å². The van der Waals surface area contributed by atoms with Gasteiger partial charge < -0.3 is 10.1 Å². The number of nitrogens with zero attached hydrogens (tertiary/aromatic N) is 1. The highest BCUT2D eigenvalue weighted by atomic mass is 16.5. The second-order valence-electron chi connectivity index (χ2n) is 8.70. The molecule has 30 heavy (non-hydrogen) atoms. The van der Waals surface area contributed by atoms with Gasteiger partial charge in [0, 0.05) is 18.7 Å². The van der Waals surface area contributed by atoms with Crippen LogP contribution in [0.1, 0.15) is 37.0 Å². The number of hydrogen-bond acceptors (Lipinski definition) is 5. The number of fused-ring (bicyclic) bond motifs is 5. The third-order valence-electron chi connectivity index (χ3n) is 6.08. The van der Waals surface area contributed by atoms with Crippen LogP contribution in [-0.2, 0) is 19.1 Å². The number of nitrogens with one attached hydrogen (secondary N) is 1. The maximum Gasteiger partial charge on any atom is 0.338 e. The van der Waals surface area contributed by atoms with E-state index in [1.807, 2.05) is 13.8 Å². The van der Waals surface area contributed by atoms with Gasteiger partial charge in [-0.2, -0.15) is 0 Å². The Balaban J connectivity index is 1.28. The molecule has 1 aromatic rings. The summed E-state index contributed by atoms with van der Waals surface area (Å²) < 4.78 is 5.18. The fourth-order valence-corrected chi connectivity index (χ4v) is 4.64. The van der Waals surface area contributed by atoms with Crippen molar-refractivity contribution in [3.8, 4) is 0 Å². The molecule has 1 aromatic carbocycles. The zero-order chi connectivity index (χ0) is 21.4. The van der Waals surface area contributed by atoms with Gasteiger partial charge in [-0.05, 0) is 48.4 Å². The van der Waals surface area contributed by atoms with Crippen molar-refractivity contribution in [2.45, 2.75) is 26.7 Å². The Labute approximate surface area is 175 Å². The third kappa shape index (κ3) is 3.76. The van der Waals surface area contributed by atoms with Gasteiger partial charge in [0.15, 0.2) is 0 Å². The molecule has 1 heterocycles. The number of rotatable bonds is 7. The summed E-state index contributed by atoms with van der Waals surface area (Å²) in [5, 5.41) is 2.74. The summed E-state index contributed by atoms with van der Waals surface area (Å²) in [5.74, 6) is -0.851. The molecular weight excluding hydrogens is 384 g/mol. The first-order chi connectivity index (χ1) is 14.3. The first-order valence-corrected chi connectivity index (χ1v) is 10.5. The number of esters is 1. The Hall–Kier alpha value is -2.96. The van der Waals surface area contributed by atoms with Crippen LogP contribution < -0.4 is 5.32 Å². The zero-order valence-electron chi connectivity index (χ0n) is 17.2. The van der Waals surface area contributed by atoms with E-state index in [0.717, 1.165) is 6.42 Å². The standard InChI is InChI=1S/C23H26N2O5/c1-13(2)12-30-23(29)14-5-7-17(8-6-14)24-18(26)9-10-25-21(27)19-15-3-4-16(11-15)20(19)22(25)28/h3-8,13,15-16,19-20H,9-12H2,1-2H3,(H,24,26). The Kier molecular flexibility index (Phi) is 5.45. The van der Waals surface area contributed by atoms with Gasteiger partial charge >= 0.3 is 5.97 Å². The number of hydrogen-bond donors (Lipinski definition) is 1. The van der Waals surface area contributed by atoms with Crippen LogP contribution in [0.4, 0.5) is 5.69 Å². The minimum Gasteiger partial charge on any atom is -0.462 e. The highest BCUT2D eigenvalue weighted by Gasteiger charge is 2.59. The molecule has 2 aliphatic carbocycles. The average molecular weight is 410 g/mol. The highest BCUT2D eigenvalue weighted by molar-refractivity contribution is 6.06. The molecule has 0 spiro atoms. The van der Waals surface area contributed by atoms with E-state index in [9.17, 15) is 19.2 Å². The quantitative estimate of drug-likeness (QED) is 0.424. The van der Waals surface area contributed by atoms with Crippen LogP contribution in [0.2, 0.25) is 0 Å². The third-order valence-corrected chi connectivity index (χ3v) is 6.08. The molecule has 1 saturated carbocycles. The van der Waals surface area contributed by atoms with Crippen molar-refractivity contribution in [1.29, 1.82) is 0 Å². The van der Waals surface area contributed by atoms with Gasteiger partial charge in [-0.3, -0.25) is 19.3 Å². The summed E-state index contributed by atoms with van der Waals surface area (Å²) in [4.78, 5) is 50.8. The van der Waals surface area contributed by atoms with Gasteiger partial charge in [-0.1, -0.05) is 26.0 Å². The molecule has 4 rings (SSSR count). The molecule has 4 atom stereocenters. The van der Waals surface area contributed by atoms with Crippen LogP contribution in [0.3, 0.4) is 0 Å². The van der Waals surface area contributed by atoms with Gasteiger partial charge in [0.2, 0.25) is 17.7 Å². The predicted octanol–water partition coefficient (Wildman–Crippen LogP) is 2.64. The number of amides is 3. The Bertz CT molecular complexity index is 875. The lowest BCUT2D eigenvalue weighted by molar-refractivity contribution is -0.140. The van der Waals surface area contributed by atoms with E-state index in [1.165, 1.54) is 4.90 Å². The SMILES string of the molecule is CC(C)COC(=O)c1ccc(NC(=O)CCN2C(=O)C3C4C=CC(C4)C3C2=O)cc1. The summed E-state index contributed by atoms with van der Waals surface area (Å²) in [6.45, 7) is 4.37. The molecule has 1 saturated heterocycles. The fraction of sp³-hybridized carbons (Fsp3) is 0.478. The van der Waals surface area contributed by atoms with Crippen LogP contribution in [0.15, 0.2) is 36.4 Å². The largest absolute Gasteiger partial charge is 0.462 e. The Morgan fingerprint density at radius 3 is 2.23 bits per heavy atom. The Morgan fingerprint density at radius 2 is 1.67 bits per heavy atom. The van der Waals surface area contributed by atoms with Gasteiger partial charge in [-0.25, -0.2) is 4.79 Å². The number of allylic oxidation sites excluding steroid dienone is 2. The lowest BCUT2D eigenvalue weighted by Crippen LogP contribution is -2.35. The van der Waals surface area contributed by atoms with Gasteiger partial charge in [0.25, 0.3) is 0 Å². The van der Waals surface area contributed by atoms with E-state index < -0.39 is 5.97 Å². The molecule has 1 aliphatic heterocycles. The van der Waals surface area contributed by atoms with Crippen LogP contribution in [0, 0.1) is 29.6 Å². The average Bonchev–Trinajstić information content (AvgIpc) is 3.39. The predicted molar refractivity (Wildman–Crippen MR) is 109 cm³/mol. The summed E-state index contributed by atoms with van der Waals surface area (Å²) in [6, 6.07) is 6.44. The molecule has 7 heteroatoms. The number of likely N-dealkylation sites (tertiary alicyclic amines) is 1. The van der Waals surface area contributed by atoms with E-state index in [1.54, 1.807) is 24.3 Å². The first-order valence-electron chi connectivity index (χ1n) is 10.5. The van der Waals surface area contributed by atoms with Gasteiger partial charge in [-0.15, -0.1) is 0 Å². The zero-order valence-corrected chi connectivity index (χ0v) is 17.2. The summed E-state index contributed by atoms with van der Waals surface area (Å²) in [5.41, 5.74) is 0.954. The second kappa shape index (κ2) is 8.05. The van der Waals surface area contributed by atoms with Crippen LogP contribution in [-0.4, -0.2) is 41.7 Å². The topological polar surface area (TPSA) is 92.8 Å². The number of ether oxygens (including phenoxy) is 1. The van der Waals surface area contributed by atoms with E-state index in [0.29, 0.717) is 17.9 Å². The number of carbonyl (C=O) groups is 4. The van der Waals surface area contributed by atoms with E-state index in [4.69, 9.17) is 4.74 Å². The minimum atomic E-state index is -0.401. The molecule has 1 N–H and O–H groups in total. The van der Waals surface area contributed by atoms with Gasteiger partial charge in [0.1, 0.15) is 0 Å². The molecule has 2 bridgehead atoms. The van der Waals surface area contributed by atoms with Crippen molar-refractivity contribution in [3.63, 3.8) is 0 Å². The number of anilines is 1. The fourth-order valence-electron chi connectivity index (χ4n) is 4.64. The Morgan fingerprint density at radius 1 is 1.07 bits per heavy atom. The van der Waals surface area contributed by atoms with Crippen molar-refractivity contribution >= 4 is 29.4 Å². The van der Waals surface area contributed by atoms with Crippen LogP contribution in [0.25, 0.3) is 0 Å². The van der Waals surface area contributed by atoms with Crippen molar-refractivity contribution in [3.05, 3.63) is 42.0 Å². The molecule has 158 valence electrons. The smallest absolute Gasteiger partial charge is 0.338 e. The molecular formula is C23H26N2O5. The van der Waals surface area contributed by atoms with Crippen molar-refractivity contribution in [2.24, 2.45) is 29.6 Å². The van der Waals surface area contributed by atoms with E-state index in [-0.39, 0.29) is 60.3 Å². The van der Waals surface area contributed by atoms with Crippen molar-refractivity contribution in [1.82, 2.24) is 4.90 Å². The van der Waals surface area contributed by atoms with Crippen molar-refractivity contribution in [2.75, 3.05) is 18.5 Å². The lowest BCUT2D eigenvalue weighted by Gasteiger charge is -2.17. The normalized spacial score (nSPS) is 26.4. The monoisotopic (exact) mass is 410 g/mol. The van der Waals surface area contributed by atoms with Crippen LogP contribution >= 0.6 is 0 Å². The van der Waals surface area contributed by atoms with Gasteiger partial charge in [0.05, 0.1) is 24.0 Å².